The number of benzene rings is 2. The summed E-state index contributed by atoms with van der Waals surface area (Å²) in [5.74, 6) is -0.284. The third-order valence-corrected chi connectivity index (χ3v) is 5.93. The molecule has 0 saturated heterocycles. The molecule has 0 saturated carbocycles. The van der Waals surface area contributed by atoms with Crippen molar-refractivity contribution in [3.63, 3.8) is 0 Å². The summed E-state index contributed by atoms with van der Waals surface area (Å²) in [6, 6.07) is 15.1. The van der Waals surface area contributed by atoms with E-state index < -0.39 is 10.0 Å². The van der Waals surface area contributed by atoms with Gasteiger partial charge in [-0.3, -0.25) is 9.10 Å². The molecule has 0 bridgehead atoms. The molecule has 28 heavy (non-hydrogen) atoms. The number of hydrogen-bond acceptors (Lipinski definition) is 4. The van der Waals surface area contributed by atoms with Gasteiger partial charge in [-0.25, -0.2) is 8.42 Å². The van der Waals surface area contributed by atoms with Gasteiger partial charge in [-0.2, -0.15) is 0 Å². The van der Waals surface area contributed by atoms with Crippen molar-refractivity contribution in [3.8, 4) is 0 Å². The monoisotopic (exact) mass is 425 g/mol. The summed E-state index contributed by atoms with van der Waals surface area (Å²) in [6.45, 7) is 6.22. The zero-order chi connectivity index (χ0) is 19.7. The van der Waals surface area contributed by atoms with Crippen molar-refractivity contribution >= 4 is 34.0 Å². The predicted molar refractivity (Wildman–Crippen MR) is 116 cm³/mol. The minimum atomic E-state index is -3.75. The van der Waals surface area contributed by atoms with Crippen molar-refractivity contribution in [3.05, 3.63) is 60.2 Å². The van der Waals surface area contributed by atoms with Crippen LogP contribution in [0.1, 0.15) is 30.6 Å². The minimum Gasteiger partial charge on any atom is -0.351 e. The lowest BCUT2D eigenvalue weighted by molar-refractivity contribution is 0.0953. The van der Waals surface area contributed by atoms with Gasteiger partial charge in [0.25, 0.3) is 15.9 Å². The van der Waals surface area contributed by atoms with Gasteiger partial charge < -0.3 is 10.6 Å². The lowest BCUT2D eigenvalue weighted by Gasteiger charge is -2.23. The van der Waals surface area contributed by atoms with E-state index in [1.807, 2.05) is 6.07 Å². The van der Waals surface area contributed by atoms with E-state index in [1.54, 1.807) is 43.3 Å². The average Bonchev–Trinajstić information content (AvgIpc) is 2.69. The van der Waals surface area contributed by atoms with Crippen molar-refractivity contribution < 1.29 is 13.2 Å². The van der Waals surface area contributed by atoms with Crippen molar-refractivity contribution in [2.24, 2.45) is 0 Å². The second-order valence-corrected chi connectivity index (χ2v) is 7.90. The standard InChI is InChI=1S/C20H27N3O3S.ClH/c1-3-13-21-14-15-22-20(24)17-9-8-12-19(16-17)27(25,26)23(4-2)18-10-6-5-7-11-18;/h5-12,16,21H,3-4,13-15H2,1-2H3,(H,22,24);1H. The van der Waals surface area contributed by atoms with E-state index in [0.717, 1.165) is 13.0 Å². The molecule has 2 aromatic carbocycles. The summed E-state index contributed by atoms with van der Waals surface area (Å²) in [6.07, 6.45) is 1.03. The Hall–Kier alpha value is -2.09. The molecule has 154 valence electrons. The van der Waals surface area contributed by atoms with Crippen LogP contribution in [0.15, 0.2) is 59.5 Å². The van der Waals surface area contributed by atoms with Crippen LogP contribution in [0.3, 0.4) is 0 Å². The maximum atomic E-state index is 13.1. The zero-order valence-electron chi connectivity index (χ0n) is 16.2. The Bertz CT molecular complexity index is 845. The molecule has 2 aromatic rings. The zero-order valence-corrected chi connectivity index (χ0v) is 17.9. The second-order valence-electron chi connectivity index (χ2n) is 6.04. The Morgan fingerprint density at radius 3 is 2.32 bits per heavy atom. The third kappa shape index (κ3) is 6.22. The lowest BCUT2D eigenvalue weighted by atomic mass is 10.2. The molecule has 0 aliphatic carbocycles. The predicted octanol–water partition coefficient (Wildman–Crippen LogP) is 3.05. The smallest absolute Gasteiger partial charge is 0.264 e. The topological polar surface area (TPSA) is 78.5 Å². The van der Waals surface area contributed by atoms with Crippen molar-refractivity contribution in [1.29, 1.82) is 0 Å². The number of halogens is 1. The second kappa shape index (κ2) is 11.7. The number of hydrogen-bond donors (Lipinski definition) is 2. The molecule has 1 amide bonds. The molecule has 0 unspecified atom stereocenters. The largest absolute Gasteiger partial charge is 0.351 e. The highest BCUT2D eigenvalue weighted by Crippen LogP contribution is 2.23. The molecular formula is C20H28ClN3O3S. The van der Waals surface area contributed by atoms with Crippen LogP contribution < -0.4 is 14.9 Å². The Labute approximate surface area is 173 Å². The van der Waals surface area contributed by atoms with Crippen LogP contribution in [0.2, 0.25) is 0 Å². The Morgan fingerprint density at radius 2 is 1.68 bits per heavy atom. The number of rotatable bonds is 10. The first-order valence-electron chi connectivity index (χ1n) is 9.17. The van der Waals surface area contributed by atoms with Gasteiger partial charge in [0, 0.05) is 25.2 Å². The molecule has 8 heteroatoms. The number of nitrogens with one attached hydrogen (secondary N) is 2. The maximum absolute atomic E-state index is 13.1. The van der Waals surface area contributed by atoms with Gasteiger partial charge in [-0.05, 0) is 50.2 Å². The van der Waals surface area contributed by atoms with E-state index in [9.17, 15) is 13.2 Å². The fourth-order valence-corrected chi connectivity index (χ4v) is 4.20. The first-order valence-corrected chi connectivity index (χ1v) is 10.6. The summed E-state index contributed by atoms with van der Waals surface area (Å²) in [7, 11) is -3.75. The first kappa shape index (κ1) is 23.9. The molecule has 0 aliphatic rings. The van der Waals surface area contributed by atoms with Crippen LogP contribution in [0.5, 0.6) is 0 Å². The molecule has 0 aromatic heterocycles. The van der Waals surface area contributed by atoms with Crippen molar-refractivity contribution in [2.75, 3.05) is 30.5 Å². The van der Waals surface area contributed by atoms with Gasteiger partial charge in [0.2, 0.25) is 0 Å². The van der Waals surface area contributed by atoms with E-state index >= 15 is 0 Å². The van der Waals surface area contributed by atoms with Crippen LogP contribution in [-0.2, 0) is 10.0 Å². The number of carbonyl (C=O) groups is 1. The number of amides is 1. The van der Waals surface area contributed by atoms with Gasteiger partial charge in [0.05, 0.1) is 10.6 Å². The van der Waals surface area contributed by atoms with E-state index in [-0.39, 0.29) is 23.2 Å². The number of nitrogens with zero attached hydrogens (tertiary/aromatic N) is 1. The highest BCUT2D eigenvalue weighted by Gasteiger charge is 2.24. The average molecular weight is 426 g/mol. The van der Waals surface area contributed by atoms with Gasteiger partial charge in [0.15, 0.2) is 0 Å². The Kier molecular flexibility index (Phi) is 9.99. The molecule has 0 heterocycles. The quantitative estimate of drug-likeness (QED) is 0.573. The third-order valence-electron chi connectivity index (χ3n) is 4.03. The van der Waals surface area contributed by atoms with Crippen LogP contribution in [0.4, 0.5) is 5.69 Å². The molecule has 2 N–H and O–H groups in total. The summed E-state index contributed by atoms with van der Waals surface area (Å²) in [4.78, 5) is 12.4. The van der Waals surface area contributed by atoms with Crippen LogP contribution in [0.25, 0.3) is 0 Å². The summed E-state index contributed by atoms with van der Waals surface area (Å²) >= 11 is 0. The van der Waals surface area contributed by atoms with Gasteiger partial charge in [-0.1, -0.05) is 31.2 Å². The maximum Gasteiger partial charge on any atom is 0.264 e. The van der Waals surface area contributed by atoms with Gasteiger partial charge in [0.1, 0.15) is 0 Å². The lowest BCUT2D eigenvalue weighted by Crippen LogP contribution is -2.33. The fourth-order valence-electron chi connectivity index (χ4n) is 2.68. The van der Waals surface area contributed by atoms with E-state index in [4.69, 9.17) is 0 Å². The Balaban J connectivity index is 0.00000392. The normalized spacial score (nSPS) is 10.8. The number of anilines is 1. The number of sulfonamides is 1. The summed E-state index contributed by atoms with van der Waals surface area (Å²) in [5.41, 5.74) is 0.924. The van der Waals surface area contributed by atoms with E-state index in [0.29, 0.717) is 30.9 Å². The molecule has 0 fully saturated rings. The molecular weight excluding hydrogens is 398 g/mol. The molecule has 0 atom stereocenters. The molecule has 0 radical (unpaired) electrons. The SMILES string of the molecule is CCCNCCNC(=O)c1cccc(S(=O)(=O)N(CC)c2ccccc2)c1.Cl. The first-order chi connectivity index (χ1) is 13.0. The number of carbonyl (C=O) groups excluding carboxylic acids is 1. The van der Waals surface area contributed by atoms with Crippen LogP contribution >= 0.6 is 12.4 Å². The van der Waals surface area contributed by atoms with Gasteiger partial charge >= 0.3 is 0 Å². The van der Waals surface area contributed by atoms with E-state index in [1.165, 1.54) is 16.4 Å². The summed E-state index contributed by atoms with van der Waals surface area (Å²) in [5, 5.41) is 6.00. The van der Waals surface area contributed by atoms with Crippen LogP contribution in [-0.4, -0.2) is 40.5 Å². The van der Waals surface area contributed by atoms with Gasteiger partial charge in [-0.15, -0.1) is 12.4 Å². The molecule has 0 aliphatic heterocycles. The summed E-state index contributed by atoms with van der Waals surface area (Å²) < 4.78 is 27.4. The number of para-hydroxylation sites is 1. The minimum absolute atomic E-state index is 0. The Morgan fingerprint density at radius 1 is 0.964 bits per heavy atom. The molecule has 0 spiro atoms. The van der Waals surface area contributed by atoms with E-state index in [2.05, 4.69) is 17.6 Å². The molecule has 2 rings (SSSR count). The highest BCUT2D eigenvalue weighted by atomic mass is 35.5. The van der Waals surface area contributed by atoms with Crippen LogP contribution in [0, 0.1) is 0 Å². The van der Waals surface area contributed by atoms with Crippen molar-refractivity contribution in [1.82, 2.24) is 10.6 Å². The molecule has 6 nitrogen and oxygen atoms in total. The fraction of sp³-hybridized carbons (Fsp3) is 0.350. The van der Waals surface area contributed by atoms with Crippen molar-refractivity contribution in [2.45, 2.75) is 25.2 Å². The highest BCUT2D eigenvalue weighted by molar-refractivity contribution is 7.92.